The molecule has 40 heavy (non-hydrogen) atoms. The molecule has 2 aliphatic heterocycles. The van der Waals surface area contributed by atoms with Crippen LogP contribution in [0.25, 0.3) is 5.57 Å². The molecule has 9 nitrogen and oxygen atoms in total. The number of carbonyl (C=O) groups is 2. The second-order valence-corrected chi connectivity index (χ2v) is 11.6. The Labute approximate surface area is 236 Å². The Balaban J connectivity index is 1.77. The number of benzene rings is 1. The van der Waals surface area contributed by atoms with E-state index in [0.717, 1.165) is 28.7 Å². The average Bonchev–Trinajstić information content (AvgIpc) is 3.29. The summed E-state index contributed by atoms with van der Waals surface area (Å²) in [7, 11) is 1.56. The van der Waals surface area contributed by atoms with Gasteiger partial charge in [-0.3, -0.25) is 4.90 Å². The molecule has 4 atom stereocenters. The number of amides is 1. The fourth-order valence-corrected chi connectivity index (χ4v) is 5.74. The van der Waals surface area contributed by atoms with Crippen LogP contribution in [-0.4, -0.2) is 65.6 Å². The number of nitrogens with zero attached hydrogens (tertiary/aromatic N) is 2. The van der Waals surface area contributed by atoms with Gasteiger partial charge in [0.05, 0.1) is 45.2 Å². The van der Waals surface area contributed by atoms with Gasteiger partial charge in [-0.2, -0.15) is 0 Å². The molecule has 0 radical (unpaired) electrons. The number of carboxylic acid groups (broad SMARTS) is 1. The SMILES string of the molecule is COc1ncc(C2=CCOCC2)cc1CO[C@H]1[C@H](C(C)(C)C)[C@@H](C(=O)O)N(C(=O)OC(C)C)[C@H]1c1ccccc1. The molecule has 0 aliphatic carbocycles. The standard InChI is InChI=1S/C31H40N2O7/c1-19(2)40-30(36)33-25(21-10-8-7-9-11-21)27(24(31(3,4)5)26(33)29(34)35)39-18-23-16-22(17-32-28(23)37-6)20-12-14-38-15-13-20/h7-12,16-17,19,24-27H,13-15,18H2,1-6H3,(H,34,35)/t24-,25+,26+,27+/m1/s1. The Morgan fingerprint density at radius 2 is 1.93 bits per heavy atom. The number of hydrogen-bond acceptors (Lipinski definition) is 7. The Morgan fingerprint density at radius 1 is 1.20 bits per heavy atom. The van der Waals surface area contributed by atoms with E-state index in [0.29, 0.717) is 19.1 Å². The molecule has 1 aromatic carbocycles. The lowest BCUT2D eigenvalue weighted by atomic mass is 9.73. The number of ether oxygens (including phenoxy) is 4. The summed E-state index contributed by atoms with van der Waals surface area (Å²) in [5, 5.41) is 10.5. The number of pyridine rings is 1. The van der Waals surface area contributed by atoms with E-state index in [4.69, 9.17) is 18.9 Å². The predicted octanol–water partition coefficient (Wildman–Crippen LogP) is 5.50. The van der Waals surface area contributed by atoms with Crippen molar-refractivity contribution in [3.63, 3.8) is 0 Å². The highest BCUT2D eigenvalue weighted by Crippen LogP contribution is 2.50. The summed E-state index contributed by atoms with van der Waals surface area (Å²) >= 11 is 0. The van der Waals surface area contributed by atoms with E-state index >= 15 is 0 Å². The van der Waals surface area contributed by atoms with Gasteiger partial charge in [0.15, 0.2) is 0 Å². The summed E-state index contributed by atoms with van der Waals surface area (Å²) in [6.07, 6.45) is 2.87. The van der Waals surface area contributed by atoms with E-state index in [1.165, 1.54) is 4.90 Å². The molecule has 0 saturated carbocycles. The summed E-state index contributed by atoms with van der Waals surface area (Å²) in [4.78, 5) is 32.2. The minimum Gasteiger partial charge on any atom is -0.481 e. The van der Waals surface area contributed by atoms with Gasteiger partial charge >= 0.3 is 12.1 Å². The third kappa shape index (κ3) is 6.31. The molecule has 1 aromatic heterocycles. The summed E-state index contributed by atoms with van der Waals surface area (Å²) in [6.45, 7) is 10.7. The third-order valence-electron chi connectivity index (χ3n) is 7.43. The fourth-order valence-electron chi connectivity index (χ4n) is 5.74. The summed E-state index contributed by atoms with van der Waals surface area (Å²) in [5.74, 6) is -1.21. The Kier molecular flexibility index (Phi) is 9.15. The van der Waals surface area contributed by atoms with E-state index in [9.17, 15) is 14.7 Å². The first-order valence-electron chi connectivity index (χ1n) is 13.7. The molecule has 0 unspecified atom stereocenters. The lowest BCUT2D eigenvalue weighted by Gasteiger charge is -2.34. The molecular formula is C31H40N2O7. The second kappa shape index (κ2) is 12.4. The minimum atomic E-state index is -1.15. The van der Waals surface area contributed by atoms with Crippen LogP contribution >= 0.6 is 0 Å². The van der Waals surface area contributed by atoms with Crippen molar-refractivity contribution in [3.05, 3.63) is 65.4 Å². The maximum atomic E-state index is 13.5. The number of aliphatic carboxylic acids is 1. The maximum Gasteiger partial charge on any atom is 0.411 e. The van der Waals surface area contributed by atoms with Crippen molar-refractivity contribution in [2.75, 3.05) is 20.3 Å². The van der Waals surface area contributed by atoms with Gasteiger partial charge in [-0.1, -0.05) is 57.2 Å². The van der Waals surface area contributed by atoms with Crippen molar-refractivity contribution in [3.8, 4) is 5.88 Å². The van der Waals surface area contributed by atoms with Gasteiger partial charge in [-0.25, -0.2) is 14.6 Å². The molecule has 1 amide bonds. The van der Waals surface area contributed by atoms with Gasteiger partial charge in [-0.15, -0.1) is 0 Å². The van der Waals surface area contributed by atoms with Crippen LogP contribution in [0.2, 0.25) is 0 Å². The quantitative estimate of drug-likeness (QED) is 0.458. The van der Waals surface area contributed by atoms with Crippen molar-refractivity contribution < 1.29 is 33.6 Å². The molecule has 4 rings (SSSR count). The molecule has 2 aliphatic rings. The van der Waals surface area contributed by atoms with Crippen LogP contribution in [0.5, 0.6) is 5.88 Å². The zero-order valence-corrected chi connectivity index (χ0v) is 24.1. The smallest absolute Gasteiger partial charge is 0.411 e. The molecule has 1 fully saturated rings. The van der Waals surface area contributed by atoms with Gasteiger partial charge in [0.1, 0.15) is 6.04 Å². The molecule has 216 valence electrons. The molecule has 9 heteroatoms. The van der Waals surface area contributed by atoms with Gasteiger partial charge in [-0.05, 0) is 48.4 Å². The van der Waals surface area contributed by atoms with Gasteiger partial charge < -0.3 is 24.1 Å². The Hall–Kier alpha value is -3.43. The van der Waals surface area contributed by atoms with Crippen LogP contribution in [0.4, 0.5) is 4.79 Å². The zero-order chi connectivity index (χ0) is 29.0. The van der Waals surface area contributed by atoms with Crippen LogP contribution in [0.3, 0.4) is 0 Å². The number of aromatic nitrogens is 1. The van der Waals surface area contributed by atoms with E-state index < -0.39 is 47.7 Å². The van der Waals surface area contributed by atoms with Crippen molar-refractivity contribution in [2.45, 2.75) is 71.9 Å². The fraction of sp³-hybridized carbons (Fsp3) is 0.516. The first kappa shape index (κ1) is 29.6. The molecule has 0 bridgehead atoms. The van der Waals surface area contributed by atoms with E-state index in [1.54, 1.807) is 27.2 Å². The van der Waals surface area contributed by atoms with Gasteiger partial charge in [0.25, 0.3) is 0 Å². The Bertz CT molecular complexity index is 1220. The first-order chi connectivity index (χ1) is 19.0. The highest BCUT2D eigenvalue weighted by Gasteiger charge is 2.59. The van der Waals surface area contributed by atoms with E-state index in [1.807, 2.05) is 63.2 Å². The number of methoxy groups -OCH3 is 1. The molecule has 3 heterocycles. The summed E-state index contributed by atoms with van der Waals surface area (Å²) in [6, 6.07) is 9.57. The number of likely N-dealkylation sites (tertiary alicyclic amines) is 1. The zero-order valence-electron chi connectivity index (χ0n) is 24.1. The number of carbonyl (C=O) groups excluding carboxylic acids is 1. The van der Waals surface area contributed by atoms with Gasteiger partial charge in [0, 0.05) is 17.7 Å². The lowest BCUT2D eigenvalue weighted by molar-refractivity contribution is -0.145. The topological polar surface area (TPSA) is 107 Å². The van der Waals surface area contributed by atoms with Crippen LogP contribution in [0.15, 0.2) is 48.7 Å². The number of hydrogen-bond donors (Lipinski definition) is 1. The lowest BCUT2D eigenvalue weighted by Crippen LogP contribution is -2.47. The van der Waals surface area contributed by atoms with Crippen molar-refractivity contribution in [1.82, 2.24) is 9.88 Å². The Morgan fingerprint density at radius 3 is 2.50 bits per heavy atom. The van der Waals surface area contributed by atoms with Gasteiger partial charge in [0.2, 0.25) is 5.88 Å². The van der Waals surface area contributed by atoms with E-state index in [2.05, 4.69) is 4.98 Å². The highest BCUT2D eigenvalue weighted by atomic mass is 16.6. The predicted molar refractivity (Wildman–Crippen MR) is 150 cm³/mol. The van der Waals surface area contributed by atoms with Crippen LogP contribution < -0.4 is 4.74 Å². The maximum absolute atomic E-state index is 13.5. The van der Waals surface area contributed by atoms with Crippen molar-refractivity contribution in [2.24, 2.45) is 11.3 Å². The van der Waals surface area contributed by atoms with Crippen molar-refractivity contribution in [1.29, 1.82) is 0 Å². The largest absolute Gasteiger partial charge is 0.481 e. The molecule has 1 N–H and O–H groups in total. The molecule has 1 saturated heterocycles. The summed E-state index contributed by atoms with van der Waals surface area (Å²) < 4.78 is 23.3. The van der Waals surface area contributed by atoms with Crippen LogP contribution in [0.1, 0.15) is 63.8 Å². The minimum absolute atomic E-state index is 0.119. The second-order valence-electron chi connectivity index (χ2n) is 11.6. The van der Waals surface area contributed by atoms with Crippen LogP contribution in [0, 0.1) is 11.3 Å². The van der Waals surface area contributed by atoms with Crippen LogP contribution in [-0.2, 0) is 25.6 Å². The molecular weight excluding hydrogens is 512 g/mol. The third-order valence-corrected chi connectivity index (χ3v) is 7.43. The van der Waals surface area contributed by atoms with E-state index in [-0.39, 0.29) is 6.61 Å². The summed E-state index contributed by atoms with van der Waals surface area (Å²) in [5.41, 5.74) is 3.10. The molecule has 0 spiro atoms. The average molecular weight is 553 g/mol. The number of carboxylic acids is 1. The first-order valence-corrected chi connectivity index (χ1v) is 13.7. The molecule has 2 aromatic rings. The highest BCUT2D eigenvalue weighted by molar-refractivity contribution is 5.82. The monoisotopic (exact) mass is 552 g/mol. The van der Waals surface area contributed by atoms with Crippen molar-refractivity contribution >= 4 is 17.6 Å². The number of rotatable bonds is 8. The normalized spacial score (nSPS) is 23.2.